The molecule has 2 aromatic rings. The fourth-order valence-corrected chi connectivity index (χ4v) is 2.09. The molecule has 0 saturated heterocycles. The molecule has 1 atom stereocenters. The van der Waals surface area contributed by atoms with E-state index >= 15 is 0 Å². The van der Waals surface area contributed by atoms with Crippen LogP contribution in [0.15, 0.2) is 40.8 Å². The third-order valence-electron chi connectivity index (χ3n) is 2.41. The summed E-state index contributed by atoms with van der Waals surface area (Å²) in [4.78, 5) is 9.90. The number of nitrogens with zero attached hydrogens (tertiary/aromatic N) is 1. The molecule has 94 valence electrons. The second kappa shape index (κ2) is 5.42. The third-order valence-corrected chi connectivity index (χ3v) is 3.01. The lowest BCUT2D eigenvalue weighted by Crippen LogP contribution is -1.94. The number of alkyl halides is 1. The van der Waals surface area contributed by atoms with Crippen molar-refractivity contribution in [1.82, 2.24) is 0 Å². The average molecular weight is 286 g/mol. The van der Waals surface area contributed by atoms with Crippen molar-refractivity contribution >= 4 is 29.1 Å². The van der Waals surface area contributed by atoms with E-state index in [1.165, 1.54) is 12.1 Å². The minimum absolute atomic E-state index is 0.304. The maximum absolute atomic E-state index is 10.5. The lowest BCUT2D eigenvalue weighted by atomic mass is 10.1. The summed E-state index contributed by atoms with van der Waals surface area (Å²) in [5.74, 6) is 0.0742. The van der Waals surface area contributed by atoms with Crippen LogP contribution in [0.3, 0.4) is 0 Å². The Morgan fingerprint density at radius 1 is 1.33 bits per heavy atom. The van der Waals surface area contributed by atoms with E-state index in [4.69, 9.17) is 27.6 Å². The van der Waals surface area contributed by atoms with Crippen molar-refractivity contribution in [2.75, 3.05) is 0 Å². The van der Waals surface area contributed by atoms with Gasteiger partial charge in [0, 0.05) is 5.02 Å². The summed E-state index contributed by atoms with van der Waals surface area (Å²) in [5, 5.41) is 10.7. The Labute approximate surface area is 113 Å². The van der Waals surface area contributed by atoms with Crippen LogP contribution in [0.4, 0.5) is 5.88 Å². The van der Waals surface area contributed by atoms with Crippen LogP contribution in [0.5, 0.6) is 0 Å². The molecule has 0 N–H and O–H groups in total. The lowest BCUT2D eigenvalue weighted by molar-refractivity contribution is -0.402. The molecular formula is C12H9Cl2NO3. The molecule has 2 rings (SSSR count). The molecule has 0 radical (unpaired) electrons. The van der Waals surface area contributed by atoms with Crippen LogP contribution in [-0.2, 0) is 6.42 Å². The number of furan rings is 1. The first-order valence-electron chi connectivity index (χ1n) is 5.19. The van der Waals surface area contributed by atoms with Crippen molar-refractivity contribution < 1.29 is 9.34 Å². The Bertz CT molecular complexity index is 568. The number of rotatable bonds is 4. The summed E-state index contributed by atoms with van der Waals surface area (Å²) in [6, 6.07) is 10.1. The largest absolute Gasteiger partial charge is 0.433 e. The summed E-state index contributed by atoms with van der Waals surface area (Å²) in [5.41, 5.74) is 0.946. The molecule has 0 bridgehead atoms. The summed E-state index contributed by atoms with van der Waals surface area (Å²) >= 11 is 12.0. The highest BCUT2D eigenvalue weighted by Gasteiger charge is 2.18. The van der Waals surface area contributed by atoms with Gasteiger partial charge in [0.25, 0.3) is 0 Å². The summed E-state index contributed by atoms with van der Waals surface area (Å²) in [7, 11) is 0. The molecule has 0 saturated carbocycles. The number of hydrogen-bond donors (Lipinski definition) is 0. The highest BCUT2D eigenvalue weighted by molar-refractivity contribution is 6.30. The number of hydrogen-bond acceptors (Lipinski definition) is 3. The molecule has 0 aliphatic rings. The van der Waals surface area contributed by atoms with Gasteiger partial charge < -0.3 is 4.42 Å². The van der Waals surface area contributed by atoms with E-state index in [-0.39, 0.29) is 5.88 Å². The second-order valence-electron chi connectivity index (χ2n) is 3.73. The fourth-order valence-electron chi connectivity index (χ4n) is 1.58. The van der Waals surface area contributed by atoms with Crippen molar-refractivity contribution in [1.29, 1.82) is 0 Å². The van der Waals surface area contributed by atoms with Crippen LogP contribution in [0, 0.1) is 10.1 Å². The highest BCUT2D eigenvalue weighted by atomic mass is 35.5. The Balaban J connectivity index is 2.11. The minimum atomic E-state index is -0.591. The third kappa shape index (κ3) is 3.03. The predicted molar refractivity (Wildman–Crippen MR) is 69.1 cm³/mol. The summed E-state index contributed by atoms with van der Waals surface area (Å²) in [6.45, 7) is 0. The van der Waals surface area contributed by atoms with Crippen molar-refractivity contribution in [2.24, 2.45) is 0 Å². The molecular weight excluding hydrogens is 277 g/mol. The number of nitro groups is 1. The first kappa shape index (κ1) is 12.9. The van der Waals surface area contributed by atoms with Crippen LogP contribution in [-0.4, -0.2) is 4.92 Å². The highest BCUT2D eigenvalue weighted by Crippen LogP contribution is 2.29. The van der Waals surface area contributed by atoms with Gasteiger partial charge in [0.2, 0.25) is 0 Å². The van der Waals surface area contributed by atoms with Gasteiger partial charge in [-0.1, -0.05) is 23.7 Å². The molecule has 1 heterocycles. The smallest absolute Gasteiger partial charge is 0.404 e. The van der Waals surface area contributed by atoms with E-state index in [2.05, 4.69) is 0 Å². The Hall–Kier alpha value is -1.52. The molecule has 0 amide bonds. The molecule has 1 aromatic heterocycles. The van der Waals surface area contributed by atoms with E-state index in [0.717, 1.165) is 5.56 Å². The Morgan fingerprint density at radius 3 is 2.72 bits per heavy atom. The van der Waals surface area contributed by atoms with Gasteiger partial charge in [0.05, 0.1) is 11.4 Å². The molecule has 0 aliphatic carbocycles. The standard InChI is InChI=1S/C12H9Cl2NO3/c13-9-3-1-2-8(6-9)7-10(14)11-4-5-12(18-11)15(16)17/h1-6,10H,7H2. The van der Waals surface area contributed by atoms with Gasteiger partial charge >= 0.3 is 5.88 Å². The summed E-state index contributed by atoms with van der Waals surface area (Å²) in [6.07, 6.45) is 0.493. The Morgan fingerprint density at radius 2 is 2.11 bits per heavy atom. The zero-order valence-electron chi connectivity index (χ0n) is 9.18. The molecule has 0 fully saturated rings. The van der Waals surface area contributed by atoms with E-state index < -0.39 is 10.3 Å². The molecule has 0 spiro atoms. The van der Waals surface area contributed by atoms with Gasteiger partial charge in [0.15, 0.2) is 0 Å². The van der Waals surface area contributed by atoms with Crippen LogP contribution in [0.2, 0.25) is 5.02 Å². The van der Waals surface area contributed by atoms with E-state index in [0.29, 0.717) is 17.2 Å². The maximum atomic E-state index is 10.5. The van der Waals surface area contributed by atoms with Gasteiger partial charge in [-0.3, -0.25) is 10.1 Å². The number of benzene rings is 1. The fraction of sp³-hybridized carbons (Fsp3) is 0.167. The topological polar surface area (TPSA) is 56.3 Å². The molecule has 1 aromatic carbocycles. The van der Waals surface area contributed by atoms with Crippen LogP contribution in [0.25, 0.3) is 0 Å². The summed E-state index contributed by atoms with van der Waals surface area (Å²) < 4.78 is 5.05. The maximum Gasteiger partial charge on any atom is 0.433 e. The minimum Gasteiger partial charge on any atom is -0.404 e. The predicted octanol–water partition coefficient (Wildman–Crippen LogP) is 4.36. The van der Waals surface area contributed by atoms with E-state index in [1.54, 1.807) is 12.1 Å². The first-order chi connectivity index (χ1) is 8.56. The van der Waals surface area contributed by atoms with E-state index in [1.807, 2.05) is 12.1 Å². The van der Waals surface area contributed by atoms with Crippen molar-refractivity contribution in [2.45, 2.75) is 11.8 Å². The van der Waals surface area contributed by atoms with Crippen molar-refractivity contribution in [3.63, 3.8) is 0 Å². The Kier molecular flexibility index (Phi) is 3.89. The number of halogens is 2. The lowest BCUT2D eigenvalue weighted by Gasteiger charge is -2.06. The first-order valence-corrected chi connectivity index (χ1v) is 6.00. The molecule has 6 heteroatoms. The molecule has 1 unspecified atom stereocenters. The van der Waals surface area contributed by atoms with E-state index in [9.17, 15) is 10.1 Å². The van der Waals surface area contributed by atoms with Crippen molar-refractivity contribution in [3.05, 3.63) is 62.9 Å². The quantitative estimate of drug-likeness (QED) is 0.476. The van der Waals surface area contributed by atoms with Crippen LogP contribution in [0.1, 0.15) is 16.7 Å². The van der Waals surface area contributed by atoms with Gasteiger partial charge in [-0.15, -0.1) is 11.6 Å². The SMILES string of the molecule is O=[N+]([O-])c1ccc(C(Cl)Cc2cccc(Cl)c2)o1. The second-order valence-corrected chi connectivity index (χ2v) is 4.70. The van der Waals surface area contributed by atoms with Crippen molar-refractivity contribution in [3.8, 4) is 0 Å². The normalized spacial score (nSPS) is 12.3. The van der Waals surface area contributed by atoms with Gasteiger partial charge in [-0.25, -0.2) is 0 Å². The van der Waals surface area contributed by atoms with Crippen LogP contribution < -0.4 is 0 Å². The zero-order chi connectivity index (χ0) is 13.1. The zero-order valence-corrected chi connectivity index (χ0v) is 10.7. The molecule has 0 aliphatic heterocycles. The van der Waals surface area contributed by atoms with Crippen LogP contribution >= 0.6 is 23.2 Å². The molecule has 18 heavy (non-hydrogen) atoms. The van der Waals surface area contributed by atoms with Gasteiger partial charge in [0.1, 0.15) is 10.7 Å². The average Bonchev–Trinajstić information content (AvgIpc) is 2.78. The van der Waals surface area contributed by atoms with Gasteiger partial charge in [-0.2, -0.15) is 0 Å². The van der Waals surface area contributed by atoms with Gasteiger partial charge in [-0.05, 0) is 30.2 Å². The monoisotopic (exact) mass is 285 g/mol. The molecule has 4 nitrogen and oxygen atoms in total.